The molecule has 0 heterocycles. The smallest absolute Gasteiger partial charge is 0.344 e. The fourth-order valence-electron chi connectivity index (χ4n) is 3.76. The summed E-state index contributed by atoms with van der Waals surface area (Å²) in [6, 6.07) is 23.3. The highest BCUT2D eigenvalue weighted by Gasteiger charge is 2.19. The molecule has 0 spiro atoms. The summed E-state index contributed by atoms with van der Waals surface area (Å²) >= 11 is 9.62. The number of hydrogen-bond donors (Lipinski definition) is 1. The number of halogens is 2. The quantitative estimate of drug-likeness (QED) is 0.112. The van der Waals surface area contributed by atoms with Gasteiger partial charge >= 0.3 is 5.97 Å². The highest BCUT2D eigenvalue weighted by molar-refractivity contribution is 9.10. The average molecular weight is 576 g/mol. The second-order valence-corrected chi connectivity index (χ2v) is 9.27. The summed E-state index contributed by atoms with van der Waals surface area (Å²) in [4.78, 5) is 25.9. The van der Waals surface area contributed by atoms with Crippen LogP contribution in [-0.4, -0.2) is 19.0 Å². The van der Waals surface area contributed by atoms with Gasteiger partial charge < -0.3 is 14.8 Å². The van der Waals surface area contributed by atoms with Crippen LogP contribution in [0.15, 0.2) is 82.8 Å². The molecule has 0 fully saturated rings. The third kappa shape index (κ3) is 5.67. The molecule has 4 aromatic rings. The van der Waals surface area contributed by atoms with Crippen LogP contribution in [0.4, 0.5) is 5.69 Å². The number of anilines is 1. The SMILES string of the molecule is COc1cc(/C=C(\C#N)C(=O)Nc2c(C)cccc2Cl)cc(Br)c1OC(=O)c1cccc2ccccc12. The molecule has 0 saturated carbocycles. The molecule has 0 aliphatic heterocycles. The summed E-state index contributed by atoms with van der Waals surface area (Å²) < 4.78 is 11.6. The Labute approximate surface area is 227 Å². The van der Waals surface area contributed by atoms with Gasteiger partial charge in [0.1, 0.15) is 11.6 Å². The number of nitrogens with zero attached hydrogens (tertiary/aromatic N) is 1. The molecule has 0 aromatic heterocycles. The molecule has 0 unspecified atom stereocenters. The van der Waals surface area contributed by atoms with E-state index in [0.29, 0.717) is 26.3 Å². The second-order valence-electron chi connectivity index (χ2n) is 8.01. The molecule has 1 amide bonds. The van der Waals surface area contributed by atoms with Crippen LogP contribution in [0.1, 0.15) is 21.5 Å². The molecule has 37 heavy (non-hydrogen) atoms. The fraction of sp³-hybridized carbons (Fsp3) is 0.0690. The number of nitriles is 1. The van der Waals surface area contributed by atoms with Gasteiger partial charge in [0.25, 0.3) is 5.91 Å². The molecular formula is C29H20BrClN2O4. The van der Waals surface area contributed by atoms with Gasteiger partial charge in [0.2, 0.25) is 0 Å². The number of methoxy groups -OCH3 is 1. The van der Waals surface area contributed by atoms with Crippen LogP contribution in [-0.2, 0) is 4.79 Å². The molecule has 0 aliphatic carbocycles. The van der Waals surface area contributed by atoms with Gasteiger partial charge in [-0.2, -0.15) is 5.26 Å². The molecule has 184 valence electrons. The van der Waals surface area contributed by atoms with Crippen molar-refractivity contribution in [3.8, 4) is 17.6 Å². The first-order valence-corrected chi connectivity index (χ1v) is 12.2. The molecule has 6 nitrogen and oxygen atoms in total. The van der Waals surface area contributed by atoms with E-state index < -0.39 is 11.9 Å². The Morgan fingerprint density at radius 2 is 1.78 bits per heavy atom. The number of carbonyl (C=O) groups is 2. The number of esters is 1. The van der Waals surface area contributed by atoms with Crippen molar-refractivity contribution in [2.75, 3.05) is 12.4 Å². The Morgan fingerprint density at radius 3 is 2.51 bits per heavy atom. The number of aryl methyl sites for hydroxylation is 1. The van der Waals surface area contributed by atoms with Crippen molar-refractivity contribution in [1.82, 2.24) is 0 Å². The highest BCUT2D eigenvalue weighted by atomic mass is 79.9. The van der Waals surface area contributed by atoms with E-state index in [1.54, 1.807) is 49.4 Å². The number of ether oxygens (including phenoxy) is 2. The summed E-state index contributed by atoms with van der Waals surface area (Å²) in [6.07, 6.45) is 1.41. The lowest BCUT2D eigenvalue weighted by Crippen LogP contribution is -2.14. The lowest BCUT2D eigenvalue weighted by molar-refractivity contribution is -0.112. The molecule has 0 bridgehead atoms. The van der Waals surface area contributed by atoms with Crippen LogP contribution in [0.5, 0.6) is 11.5 Å². The van der Waals surface area contributed by atoms with Gasteiger partial charge in [0, 0.05) is 0 Å². The van der Waals surface area contributed by atoms with Crippen LogP contribution in [0, 0.1) is 18.3 Å². The summed E-state index contributed by atoms with van der Waals surface area (Å²) in [5.74, 6) is -0.743. The van der Waals surface area contributed by atoms with Crippen molar-refractivity contribution in [3.63, 3.8) is 0 Å². The third-order valence-corrected chi connectivity index (χ3v) is 6.50. The van der Waals surface area contributed by atoms with E-state index in [0.717, 1.165) is 16.3 Å². The Balaban J connectivity index is 1.63. The first-order chi connectivity index (χ1) is 17.8. The molecule has 0 aliphatic rings. The van der Waals surface area contributed by atoms with Gasteiger partial charge in [0.05, 0.1) is 27.9 Å². The first kappa shape index (κ1) is 26.0. The van der Waals surface area contributed by atoms with Crippen molar-refractivity contribution >= 4 is 61.9 Å². The summed E-state index contributed by atoms with van der Waals surface area (Å²) in [6.45, 7) is 1.80. The molecule has 8 heteroatoms. The standard InChI is InChI=1S/C29H20BrClN2O4/c1-17-7-5-12-24(31)26(17)33-28(34)20(16-32)13-18-14-23(30)27(25(15-18)36-2)37-29(35)22-11-6-9-19-8-3-4-10-21(19)22/h3-15H,1-2H3,(H,33,34)/b20-13+. The van der Waals surface area contributed by atoms with Gasteiger partial charge in [-0.15, -0.1) is 0 Å². The van der Waals surface area contributed by atoms with Crippen molar-refractivity contribution in [2.24, 2.45) is 0 Å². The zero-order valence-electron chi connectivity index (χ0n) is 19.8. The number of nitrogens with one attached hydrogen (secondary N) is 1. The first-order valence-electron chi connectivity index (χ1n) is 11.1. The van der Waals surface area contributed by atoms with Crippen LogP contribution in [0.3, 0.4) is 0 Å². The minimum Gasteiger partial charge on any atom is -0.493 e. The predicted molar refractivity (Wildman–Crippen MR) is 148 cm³/mol. The fourth-order valence-corrected chi connectivity index (χ4v) is 4.57. The molecular weight excluding hydrogens is 556 g/mol. The minimum atomic E-state index is -0.611. The van der Waals surface area contributed by atoms with E-state index in [4.69, 9.17) is 21.1 Å². The van der Waals surface area contributed by atoms with E-state index in [1.165, 1.54) is 13.2 Å². The zero-order chi connectivity index (χ0) is 26.5. The van der Waals surface area contributed by atoms with E-state index in [1.807, 2.05) is 36.4 Å². The van der Waals surface area contributed by atoms with Crippen LogP contribution < -0.4 is 14.8 Å². The maximum Gasteiger partial charge on any atom is 0.344 e. The zero-order valence-corrected chi connectivity index (χ0v) is 22.2. The monoisotopic (exact) mass is 574 g/mol. The summed E-state index contributed by atoms with van der Waals surface area (Å²) in [5, 5.41) is 14.4. The number of rotatable bonds is 6. The van der Waals surface area contributed by atoms with Crippen LogP contribution >= 0.6 is 27.5 Å². The lowest BCUT2D eigenvalue weighted by atomic mass is 10.0. The molecule has 0 atom stereocenters. The Kier molecular flexibility index (Phi) is 7.92. The maximum atomic E-state index is 13.1. The largest absolute Gasteiger partial charge is 0.493 e. The van der Waals surface area contributed by atoms with E-state index in [-0.39, 0.29) is 17.1 Å². The lowest BCUT2D eigenvalue weighted by Gasteiger charge is -2.13. The highest BCUT2D eigenvalue weighted by Crippen LogP contribution is 2.38. The number of para-hydroxylation sites is 1. The molecule has 1 N–H and O–H groups in total. The van der Waals surface area contributed by atoms with Crippen LogP contribution in [0.2, 0.25) is 5.02 Å². The van der Waals surface area contributed by atoms with Crippen molar-refractivity contribution in [3.05, 3.63) is 105 Å². The Morgan fingerprint density at radius 1 is 1.05 bits per heavy atom. The second kappa shape index (κ2) is 11.3. The van der Waals surface area contributed by atoms with Crippen molar-refractivity contribution in [2.45, 2.75) is 6.92 Å². The van der Waals surface area contributed by atoms with Gasteiger partial charge in [-0.05, 0) is 75.1 Å². The van der Waals surface area contributed by atoms with Gasteiger partial charge in [-0.1, -0.05) is 60.1 Å². The molecule has 0 saturated heterocycles. The van der Waals surface area contributed by atoms with Gasteiger partial charge in [0.15, 0.2) is 11.5 Å². The molecule has 4 rings (SSSR count). The summed E-state index contributed by atoms with van der Waals surface area (Å²) in [5.41, 5.74) is 1.95. The topological polar surface area (TPSA) is 88.4 Å². The van der Waals surface area contributed by atoms with Crippen molar-refractivity contribution in [1.29, 1.82) is 5.26 Å². The Hall–Kier alpha value is -4.12. The molecule has 0 radical (unpaired) electrons. The van der Waals surface area contributed by atoms with Gasteiger partial charge in [-0.3, -0.25) is 4.79 Å². The van der Waals surface area contributed by atoms with E-state index in [9.17, 15) is 14.9 Å². The maximum absolute atomic E-state index is 13.1. The van der Waals surface area contributed by atoms with E-state index in [2.05, 4.69) is 21.2 Å². The van der Waals surface area contributed by atoms with Crippen LogP contribution in [0.25, 0.3) is 16.8 Å². The van der Waals surface area contributed by atoms with E-state index >= 15 is 0 Å². The third-order valence-electron chi connectivity index (χ3n) is 5.59. The number of fused-ring (bicyclic) bond motifs is 1. The number of amides is 1. The average Bonchev–Trinajstić information content (AvgIpc) is 2.90. The number of hydrogen-bond acceptors (Lipinski definition) is 5. The number of benzene rings is 4. The normalized spacial score (nSPS) is 11.1. The molecule has 4 aromatic carbocycles. The van der Waals surface area contributed by atoms with Crippen molar-refractivity contribution < 1.29 is 19.1 Å². The Bertz CT molecular complexity index is 1580. The van der Waals surface area contributed by atoms with Gasteiger partial charge in [-0.25, -0.2) is 4.79 Å². The predicted octanol–water partition coefficient (Wildman–Crippen LogP) is 7.34. The minimum absolute atomic E-state index is 0.145. The summed E-state index contributed by atoms with van der Waals surface area (Å²) in [7, 11) is 1.43. The number of carbonyl (C=O) groups excluding carboxylic acids is 2.